The fraction of sp³-hybridized carbons (Fsp3) is 0.538. The molecule has 1 rings (SSSR count). The highest BCUT2D eigenvalue weighted by Crippen LogP contribution is 2.40. The van der Waals surface area contributed by atoms with Crippen LogP contribution in [0, 0.1) is 15.5 Å². The summed E-state index contributed by atoms with van der Waals surface area (Å²) < 4.78 is 38.2. The third-order valence-electron chi connectivity index (χ3n) is 3.13. The molecule has 0 aliphatic carbocycles. The van der Waals surface area contributed by atoms with Crippen LogP contribution in [0.25, 0.3) is 0 Å². The van der Waals surface area contributed by atoms with Gasteiger partial charge in [-0.25, -0.2) is 0 Å². The lowest BCUT2D eigenvalue weighted by Gasteiger charge is -2.24. The molecule has 0 aromatic heterocycles. The van der Waals surface area contributed by atoms with E-state index in [9.17, 15) is 23.3 Å². The van der Waals surface area contributed by atoms with Gasteiger partial charge in [-0.3, -0.25) is 10.1 Å². The van der Waals surface area contributed by atoms with Crippen molar-refractivity contribution in [2.75, 3.05) is 18.5 Å². The van der Waals surface area contributed by atoms with Crippen LogP contribution < -0.4 is 5.32 Å². The van der Waals surface area contributed by atoms with Gasteiger partial charge in [-0.05, 0) is 17.9 Å². The van der Waals surface area contributed by atoms with Crippen molar-refractivity contribution in [1.29, 1.82) is 0 Å². The van der Waals surface area contributed by atoms with Crippen molar-refractivity contribution in [3.63, 3.8) is 0 Å². The van der Waals surface area contributed by atoms with Crippen molar-refractivity contribution in [2.45, 2.75) is 26.4 Å². The predicted octanol–water partition coefficient (Wildman–Crippen LogP) is 4.09. The third-order valence-corrected chi connectivity index (χ3v) is 3.45. The first-order valence-electron chi connectivity index (χ1n) is 6.38. The molecular weight excluding hydrogens is 325 g/mol. The summed E-state index contributed by atoms with van der Waals surface area (Å²) in [6, 6.07) is 1.32. The van der Waals surface area contributed by atoms with E-state index in [2.05, 4.69) is 5.32 Å². The molecule has 0 radical (unpaired) electrons. The van der Waals surface area contributed by atoms with Gasteiger partial charge in [0.15, 0.2) is 0 Å². The van der Waals surface area contributed by atoms with Crippen LogP contribution in [0.15, 0.2) is 12.1 Å². The Bertz CT molecular complexity index is 562. The Hall–Kier alpha value is -1.54. The second-order valence-electron chi connectivity index (χ2n) is 5.60. The Morgan fingerprint density at radius 2 is 1.95 bits per heavy atom. The first kappa shape index (κ1) is 18.5. The molecule has 0 bridgehead atoms. The van der Waals surface area contributed by atoms with Crippen molar-refractivity contribution in [1.82, 2.24) is 0 Å². The molecule has 22 heavy (non-hydrogen) atoms. The summed E-state index contributed by atoms with van der Waals surface area (Å²) in [5, 5.41) is 22.0. The summed E-state index contributed by atoms with van der Waals surface area (Å²) in [5.74, 6) is 0. The Morgan fingerprint density at radius 3 is 2.41 bits per heavy atom. The largest absolute Gasteiger partial charge is 0.418 e. The fourth-order valence-corrected chi connectivity index (χ4v) is 2.07. The van der Waals surface area contributed by atoms with Crippen LogP contribution in [-0.4, -0.2) is 23.2 Å². The van der Waals surface area contributed by atoms with Gasteiger partial charge in [0.1, 0.15) is 5.69 Å². The minimum Gasteiger partial charge on any atom is -0.396 e. The molecule has 124 valence electrons. The number of aliphatic hydroxyl groups excluding tert-OH is 1. The normalized spacial score (nSPS) is 12.3. The fourth-order valence-electron chi connectivity index (χ4n) is 1.80. The molecule has 0 saturated carbocycles. The molecule has 9 heteroatoms. The number of halogens is 4. The number of nitrogens with one attached hydrogen (secondary N) is 1. The van der Waals surface area contributed by atoms with E-state index in [4.69, 9.17) is 16.7 Å². The smallest absolute Gasteiger partial charge is 0.396 e. The molecule has 2 N–H and O–H groups in total. The van der Waals surface area contributed by atoms with E-state index in [0.29, 0.717) is 12.5 Å². The number of rotatable bonds is 6. The zero-order chi connectivity index (χ0) is 17.1. The average molecular weight is 341 g/mol. The molecule has 5 nitrogen and oxygen atoms in total. The van der Waals surface area contributed by atoms with Gasteiger partial charge in [0.2, 0.25) is 0 Å². The Kier molecular flexibility index (Phi) is 5.64. The molecular formula is C13H16ClF3N2O3. The molecule has 0 aliphatic heterocycles. The number of aliphatic hydroxyl groups is 1. The van der Waals surface area contributed by atoms with Gasteiger partial charge >= 0.3 is 6.18 Å². The number of nitrogens with zero attached hydrogens (tertiary/aromatic N) is 1. The summed E-state index contributed by atoms with van der Waals surface area (Å²) >= 11 is 5.58. The zero-order valence-electron chi connectivity index (χ0n) is 12.0. The van der Waals surface area contributed by atoms with Gasteiger partial charge in [0.05, 0.1) is 15.5 Å². The lowest BCUT2D eigenvalue weighted by atomic mass is 9.89. The summed E-state index contributed by atoms with van der Waals surface area (Å²) in [5.41, 5.74) is -2.43. The quantitative estimate of drug-likeness (QED) is 0.604. The van der Waals surface area contributed by atoms with Gasteiger partial charge < -0.3 is 10.4 Å². The van der Waals surface area contributed by atoms with Gasteiger partial charge in [-0.1, -0.05) is 25.4 Å². The summed E-state index contributed by atoms with van der Waals surface area (Å²) in [7, 11) is 0. The van der Waals surface area contributed by atoms with Crippen LogP contribution >= 0.6 is 11.6 Å². The maximum Gasteiger partial charge on any atom is 0.418 e. The minimum atomic E-state index is -4.77. The maximum absolute atomic E-state index is 12.7. The number of hydrogen-bond donors (Lipinski definition) is 2. The molecule has 0 aliphatic rings. The number of nitro benzene ring substituents is 1. The van der Waals surface area contributed by atoms with Crippen LogP contribution in [0.5, 0.6) is 0 Å². The van der Waals surface area contributed by atoms with Crippen molar-refractivity contribution < 1.29 is 23.2 Å². The van der Waals surface area contributed by atoms with Crippen LogP contribution in [0.1, 0.15) is 25.8 Å². The maximum atomic E-state index is 12.7. The third kappa shape index (κ3) is 4.74. The van der Waals surface area contributed by atoms with Crippen molar-refractivity contribution in [3.05, 3.63) is 32.8 Å². The molecule has 0 amide bonds. The topological polar surface area (TPSA) is 75.4 Å². The Morgan fingerprint density at radius 1 is 1.36 bits per heavy atom. The monoisotopic (exact) mass is 340 g/mol. The Labute approximate surface area is 130 Å². The van der Waals surface area contributed by atoms with Gasteiger partial charge in [-0.2, -0.15) is 13.2 Å². The molecule has 0 spiro atoms. The highest BCUT2D eigenvalue weighted by atomic mass is 35.5. The second kappa shape index (κ2) is 6.70. The number of nitro groups is 1. The van der Waals surface area contributed by atoms with Gasteiger partial charge in [-0.15, -0.1) is 0 Å². The lowest BCUT2D eigenvalue weighted by molar-refractivity contribution is -0.384. The molecule has 0 atom stereocenters. The van der Waals surface area contributed by atoms with E-state index in [1.165, 1.54) is 0 Å². The molecule has 1 aromatic carbocycles. The summed E-state index contributed by atoms with van der Waals surface area (Å²) in [6.45, 7) is 3.79. The van der Waals surface area contributed by atoms with Gasteiger partial charge in [0, 0.05) is 19.2 Å². The lowest BCUT2D eigenvalue weighted by Crippen LogP contribution is -2.24. The molecule has 0 heterocycles. The zero-order valence-corrected chi connectivity index (χ0v) is 12.8. The molecule has 0 fully saturated rings. The van der Waals surface area contributed by atoms with E-state index in [1.807, 2.05) is 13.8 Å². The number of alkyl halides is 3. The van der Waals surface area contributed by atoms with Gasteiger partial charge in [0.25, 0.3) is 5.69 Å². The highest BCUT2D eigenvalue weighted by Gasteiger charge is 2.36. The van der Waals surface area contributed by atoms with E-state index in [-0.39, 0.29) is 18.8 Å². The number of hydrogen-bond acceptors (Lipinski definition) is 4. The average Bonchev–Trinajstić information content (AvgIpc) is 2.34. The summed E-state index contributed by atoms with van der Waals surface area (Å²) in [6.07, 6.45) is -4.33. The summed E-state index contributed by atoms with van der Waals surface area (Å²) in [4.78, 5) is 10.1. The SMILES string of the molecule is CC(C)(CCO)CNc1cc(Cl)c(C(F)(F)F)cc1[N+](=O)[O-]. The van der Waals surface area contributed by atoms with E-state index in [1.54, 1.807) is 0 Å². The first-order chi connectivity index (χ1) is 9.98. The van der Waals surface area contributed by atoms with E-state index in [0.717, 1.165) is 6.07 Å². The van der Waals surface area contributed by atoms with Crippen LogP contribution in [-0.2, 0) is 6.18 Å². The second-order valence-corrected chi connectivity index (χ2v) is 6.00. The highest BCUT2D eigenvalue weighted by molar-refractivity contribution is 6.31. The standard InChI is InChI=1S/C13H16ClF3N2O3/c1-12(2,3-4-20)7-18-10-6-9(14)8(13(15,16)17)5-11(10)19(21)22/h5-6,18,20H,3-4,7H2,1-2H3. The predicted molar refractivity (Wildman–Crippen MR) is 77.1 cm³/mol. The molecule has 1 aromatic rings. The van der Waals surface area contributed by atoms with E-state index < -0.39 is 32.8 Å². The van der Waals surface area contributed by atoms with Crippen molar-refractivity contribution in [3.8, 4) is 0 Å². The van der Waals surface area contributed by atoms with E-state index >= 15 is 0 Å². The Balaban J connectivity index is 3.15. The van der Waals surface area contributed by atoms with Crippen molar-refractivity contribution >= 4 is 23.0 Å². The van der Waals surface area contributed by atoms with Crippen molar-refractivity contribution in [2.24, 2.45) is 5.41 Å². The number of anilines is 1. The van der Waals surface area contributed by atoms with Crippen LogP contribution in [0.2, 0.25) is 5.02 Å². The van der Waals surface area contributed by atoms with Crippen LogP contribution in [0.4, 0.5) is 24.5 Å². The number of benzene rings is 1. The molecule has 0 saturated heterocycles. The minimum absolute atomic E-state index is 0.0649. The van der Waals surface area contributed by atoms with Crippen LogP contribution in [0.3, 0.4) is 0 Å². The molecule has 0 unspecified atom stereocenters. The first-order valence-corrected chi connectivity index (χ1v) is 6.75.